The first-order valence-corrected chi connectivity index (χ1v) is 42.7. The van der Waals surface area contributed by atoms with Crippen LogP contribution in [0.3, 0.4) is 0 Å². The minimum absolute atomic E-state index is 0.292. The zero-order chi connectivity index (χ0) is 105. The summed E-state index contributed by atoms with van der Waals surface area (Å²) >= 11 is 0. The molecule has 0 spiro atoms. The van der Waals surface area contributed by atoms with Crippen LogP contribution in [0.1, 0.15) is 435 Å². The normalized spacial score (nSPS) is 8.21. The number of rotatable bonds is 43. The maximum Gasteiger partial charge on any atom is 0.303 e. The molecule has 0 heterocycles. The number of carboxylic acid groups (broad SMARTS) is 20. The van der Waals surface area contributed by atoms with Crippen LogP contribution in [0.15, 0.2) is 0 Å². The smallest absolute Gasteiger partial charge is 0.303 e. The van der Waals surface area contributed by atoms with E-state index in [1.807, 2.05) is 138 Å². The molecule has 0 saturated carbocycles. The van der Waals surface area contributed by atoms with Crippen LogP contribution in [0.25, 0.3) is 0 Å². The summed E-state index contributed by atoms with van der Waals surface area (Å²) in [5.74, 6) is -14.2. The van der Waals surface area contributed by atoms with Crippen molar-refractivity contribution in [1.82, 2.24) is 0 Å². The maximum atomic E-state index is 9.60. The van der Waals surface area contributed by atoms with Crippen LogP contribution in [0.5, 0.6) is 0 Å². The fraction of sp³-hybridized carbons (Fsp3) is 0.767. The van der Waals surface area contributed by atoms with E-state index in [-0.39, 0.29) is 0 Å². The summed E-state index contributed by atoms with van der Waals surface area (Å²) in [5.41, 5.74) is 0. The first-order chi connectivity index (χ1) is 58.3. The van der Waals surface area contributed by atoms with Crippen molar-refractivity contribution < 1.29 is 198 Å². The van der Waals surface area contributed by atoms with Gasteiger partial charge in [0.05, 0.1) is 0 Å². The number of carboxylic acids is 20. The predicted molar refractivity (Wildman–Crippen MR) is 481 cm³/mol. The summed E-state index contributed by atoms with van der Waals surface area (Å²) in [6.07, 6.45) is 26.0. The van der Waals surface area contributed by atoms with E-state index >= 15 is 0 Å². The molecule has 0 aliphatic heterocycles. The molecule has 0 aliphatic carbocycles. The summed E-state index contributed by atoms with van der Waals surface area (Å²) in [4.78, 5) is 192. The topological polar surface area (TPSA) is 746 Å². The van der Waals surface area contributed by atoms with Crippen LogP contribution in [-0.4, -0.2) is 222 Å². The molecule has 0 aliphatic rings. The zero-order valence-corrected chi connectivity index (χ0v) is 80.2. The second kappa shape index (κ2) is 169. The van der Waals surface area contributed by atoms with E-state index in [2.05, 4.69) is 13.8 Å². The SMILES string of the molecule is CCCC(=O)O.CCCC(=O)O.CCCC(=O)O.CCCC(=O)O.CCCC(=O)O.CCCC(=O)O.CCCC(=O)O.CCCC(=O)O.CCCC(=O)O.CCCC(=O)O.CCCC(=O)O.CCCC(=O)O.CCCC(=O)O.CCCC(=O)O.CCCC(=O)O.CCCC(=O)O.CCCC(=O)O.CCCC(=O)O.CCCC(=O)O.CCCC(=O)O.CCCCCC. The molecule has 0 unspecified atom stereocenters. The monoisotopic (exact) mass is 1850 g/mol. The first kappa shape index (κ1) is 169. The molecular weight excluding hydrogens is 1670 g/mol. The van der Waals surface area contributed by atoms with Gasteiger partial charge in [0, 0.05) is 128 Å². The van der Waals surface area contributed by atoms with Gasteiger partial charge < -0.3 is 102 Å². The maximum absolute atomic E-state index is 9.60. The lowest BCUT2D eigenvalue weighted by Crippen LogP contribution is -1.90. The van der Waals surface area contributed by atoms with Crippen molar-refractivity contribution >= 4 is 119 Å². The van der Waals surface area contributed by atoms with Crippen molar-refractivity contribution in [2.24, 2.45) is 0 Å². The molecule has 0 atom stereocenters. The van der Waals surface area contributed by atoms with E-state index in [0.29, 0.717) is 128 Å². The van der Waals surface area contributed by atoms with Crippen LogP contribution < -0.4 is 0 Å². The molecule has 0 aromatic heterocycles. The van der Waals surface area contributed by atoms with Gasteiger partial charge in [0.25, 0.3) is 0 Å². The number of hydrogen-bond acceptors (Lipinski definition) is 20. The number of carbonyl (C=O) groups is 20. The van der Waals surface area contributed by atoms with E-state index in [1.54, 1.807) is 0 Å². The molecule has 0 radical (unpaired) electrons. The van der Waals surface area contributed by atoms with Crippen molar-refractivity contribution in [3.05, 3.63) is 0 Å². The highest BCUT2D eigenvalue weighted by molar-refractivity contribution is 5.72. The molecule has 0 saturated heterocycles. The van der Waals surface area contributed by atoms with E-state index in [4.69, 9.17) is 102 Å². The van der Waals surface area contributed by atoms with E-state index in [0.717, 1.165) is 128 Å². The minimum Gasteiger partial charge on any atom is -0.481 e. The van der Waals surface area contributed by atoms with Gasteiger partial charge in [0.15, 0.2) is 0 Å². The highest BCUT2D eigenvalue weighted by atomic mass is 16.4. The van der Waals surface area contributed by atoms with Gasteiger partial charge in [0.2, 0.25) is 0 Å². The molecule has 0 fully saturated rings. The Labute approximate surface area is 749 Å². The fourth-order valence-electron chi connectivity index (χ4n) is 4.78. The van der Waals surface area contributed by atoms with Crippen molar-refractivity contribution in [3.63, 3.8) is 0 Å². The highest BCUT2D eigenvalue weighted by Gasteiger charge is 1.97. The molecule has 0 bridgehead atoms. The van der Waals surface area contributed by atoms with Crippen LogP contribution >= 0.6 is 0 Å². The van der Waals surface area contributed by atoms with Crippen molar-refractivity contribution in [2.45, 2.75) is 435 Å². The average Bonchev–Trinajstić information content (AvgIpc) is 1.53. The largest absolute Gasteiger partial charge is 0.481 e. The first-order valence-electron chi connectivity index (χ1n) is 42.7. The van der Waals surface area contributed by atoms with Crippen LogP contribution in [0.4, 0.5) is 0 Å². The Kier molecular flexibility index (Phi) is 227. The average molecular weight is 1850 g/mol. The number of aliphatic carboxylic acids is 20. The number of hydrogen-bond donors (Lipinski definition) is 20. The quantitative estimate of drug-likeness (QED) is 0.0252. The lowest BCUT2D eigenvalue weighted by atomic mass is 10.2. The predicted octanol–water partition coefficient (Wildman–Crippen LogP) is 20.0. The van der Waals surface area contributed by atoms with Gasteiger partial charge in [-0.1, -0.05) is 178 Å². The second-order valence-corrected chi connectivity index (χ2v) is 24.6. The Bertz CT molecular complexity index is 1750. The summed E-state index contributed by atoms with van der Waals surface area (Å²) in [6, 6.07) is 0. The van der Waals surface area contributed by atoms with E-state index < -0.39 is 119 Å². The Morgan fingerprint density at radius 3 is 0.143 bits per heavy atom. The highest BCUT2D eigenvalue weighted by Crippen LogP contribution is 1.96. The van der Waals surface area contributed by atoms with Crippen molar-refractivity contribution in [2.75, 3.05) is 0 Å². The van der Waals surface area contributed by atoms with Crippen molar-refractivity contribution in [3.8, 4) is 0 Å². The lowest BCUT2D eigenvalue weighted by molar-refractivity contribution is -0.138. The molecule has 0 aromatic rings. The Hall–Kier alpha value is -10.6. The molecule has 0 amide bonds. The molecule has 0 rings (SSSR count). The molecule has 758 valence electrons. The fourth-order valence-corrected chi connectivity index (χ4v) is 4.78. The summed E-state index contributed by atoms with van der Waals surface area (Å²) in [5, 5.41) is 158. The van der Waals surface area contributed by atoms with E-state index in [1.165, 1.54) is 25.7 Å². The van der Waals surface area contributed by atoms with Gasteiger partial charge in [-0.25, -0.2) is 0 Å². The molecule has 40 heteroatoms. The Balaban J connectivity index is -0.0000000484. The molecular formula is C86H174O40. The van der Waals surface area contributed by atoms with Crippen LogP contribution in [0, 0.1) is 0 Å². The van der Waals surface area contributed by atoms with Gasteiger partial charge in [0.1, 0.15) is 0 Å². The van der Waals surface area contributed by atoms with Crippen molar-refractivity contribution in [1.29, 1.82) is 0 Å². The third-order valence-electron chi connectivity index (χ3n) is 10.2. The van der Waals surface area contributed by atoms with Gasteiger partial charge in [-0.15, -0.1) is 0 Å². The number of unbranched alkanes of at least 4 members (excludes halogenated alkanes) is 3. The van der Waals surface area contributed by atoms with Crippen LogP contribution in [-0.2, 0) is 95.9 Å². The van der Waals surface area contributed by atoms with E-state index in [9.17, 15) is 95.9 Å². The van der Waals surface area contributed by atoms with Gasteiger partial charge >= 0.3 is 119 Å². The molecule has 0 aromatic carbocycles. The summed E-state index contributed by atoms with van der Waals surface area (Å²) in [7, 11) is 0. The second-order valence-electron chi connectivity index (χ2n) is 24.6. The molecule has 126 heavy (non-hydrogen) atoms. The summed E-state index contributed by atoms with van der Waals surface area (Å²) in [6.45, 7) is 41.3. The van der Waals surface area contributed by atoms with Gasteiger partial charge in [-0.3, -0.25) is 95.9 Å². The molecule has 40 nitrogen and oxygen atoms in total. The standard InChI is InChI=1S/C6H14.20C4H8O2/c1-3-5-6-4-2;20*1-2-3-4(5)6/h3-6H2,1-2H3;20*2-3H2,1H3,(H,5,6). The van der Waals surface area contributed by atoms with Gasteiger partial charge in [-0.05, 0) is 128 Å². The van der Waals surface area contributed by atoms with Gasteiger partial charge in [-0.2, -0.15) is 0 Å². The molecule has 20 N–H and O–H groups in total. The zero-order valence-electron chi connectivity index (χ0n) is 80.2. The summed E-state index contributed by atoms with van der Waals surface area (Å²) < 4.78 is 0. The lowest BCUT2D eigenvalue weighted by Gasteiger charge is -1.86. The van der Waals surface area contributed by atoms with Crippen LogP contribution in [0.2, 0.25) is 0 Å². The third kappa shape index (κ3) is 522. The minimum atomic E-state index is -0.711. The third-order valence-corrected chi connectivity index (χ3v) is 10.2. The Morgan fingerprint density at radius 1 is 0.0952 bits per heavy atom. The Morgan fingerprint density at radius 2 is 0.135 bits per heavy atom.